The van der Waals surface area contributed by atoms with Crippen LogP contribution in [0.25, 0.3) is 0 Å². The number of nitrogens with one attached hydrogen (secondary N) is 2. The Bertz CT molecular complexity index is 458. The van der Waals surface area contributed by atoms with E-state index in [1.807, 2.05) is 18.2 Å². The van der Waals surface area contributed by atoms with Gasteiger partial charge in [0.15, 0.2) is 0 Å². The van der Waals surface area contributed by atoms with Gasteiger partial charge in [-0.3, -0.25) is 4.79 Å². The summed E-state index contributed by atoms with van der Waals surface area (Å²) >= 11 is 0. The zero-order valence-electron chi connectivity index (χ0n) is 12.1. The lowest BCUT2D eigenvalue weighted by molar-refractivity contribution is -0.122. The van der Waals surface area contributed by atoms with Crippen molar-refractivity contribution in [1.82, 2.24) is 10.6 Å². The van der Waals surface area contributed by atoms with Crippen LogP contribution in [0.5, 0.6) is 11.5 Å². The van der Waals surface area contributed by atoms with Gasteiger partial charge >= 0.3 is 0 Å². The highest BCUT2D eigenvalue weighted by Crippen LogP contribution is 2.28. The lowest BCUT2D eigenvalue weighted by Gasteiger charge is -2.11. The molecule has 5 heteroatoms. The molecule has 0 aliphatic heterocycles. The van der Waals surface area contributed by atoms with Gasteiger partial charge in [-0.15, -0.1) is 0 Å². The molecule has 1 aromatic carbocycles. The molecule has 1 fully saturated rings. The van der Waals surface area contributed by atoms with Crippen LogP contribution in [0.4, 0.5) is 0 Å². The smallest absolute Gasteiger partial charge is 0.223 e. The highest BCUT2D eigenvalue weighted by Gasteiger charge is 2.28. The SMILES string of the molecule is COc1ccc(OC)c(CNCCNC(=O)C2CC2)c1. The molecular weight excluding hydrogens is 256 g/mol. The van der Waals surface area contributed by atoms with Gasteiger partial charge in [0.1, 0.15) is 11.5 Å². The fourth-order valence-corrected chi connectivity index (χ4v) is 2.01. The van der Waals surface area contributed by atoms with E-state index in [1.54, 1.807) is 14.2 Å². The molecule has 0 spiro atoms. The largest absolute Gasteiger partial charge is 0.497 e. The van der Waals surface area contributed by atoms with Crippen LogP contribution in [0.3, 0.4) is 0 Å². The standard InChI is InChI=1S/C15H22N2O3/c1-19-13-5-6-14(20-2)12(9-13)10-16-7-8-17-15(18)11-3-4-11/h5-6,9,11,16H,3-4,7-8,10H2,1-2H3,(H,17,18). The fraction of sp³-hybridized carbons (Fsp3) is 0.533. The van der Waals surface area contributed by atoms with Crippen LogP contribution in [-0.4, -0.2) is 33.2 Å². The van der Waals surface area contributed by atoms with Gasteiger partial charge in [-0.05, 0) is 31.0 Å². The summed E-state index contributed by atoms with van der Waals surface area (Å²) in [6.07, 6.45) is 2.08. The van der Waals surface area contributed by atoms with Crippen molar-refractivity contribution in [3.63, 3.8) is 0 Å². The molecule has 0 saturated heterocycles. The first-order valence-corrected chi connectivity index (χ1v) is 6.94. The van der Waals surface area contributed by atoms with Crippen molar-refractivity contribution in [2.24, 2.45) is 5.92 Å². The van der Waals surface area contributed by atoms with Gasteiger partial charge in [0.05, 0.1) is 14.2 Å². The predicted octanol–water partition coefficient (Wildman–Crippen LogP) is 1.32. The van der Waals surface area contributed by atoms with Crippen molar-refractivity contribution in [3.05, 3.63) is 23.8 Å². The van der Waals surface area contributed by atoms with E-state index in [0.29, 0.717) is 13.1 Å². The molecule has 0 radical (unpaired) electrons. The third-order valence-corrected chi connectivity index (χ3v) is 3.35. The van der Waals surface area contributed by atoms with Crippen LogP contribution in [-0.2, 0) is 11.3 Å². The van der Waals surface area contributed by atoms with Crippen molar-refractivity contribution in [2.45, 2.75) is 19.4 Å². The van der Waals surface area contributed by atoms with E-state index in [1.165, 1.54) is 0 Å². The molecule has 5 nitrogen and oxygen atoms in total. The van der Waals surface area contributed by atoms with E-state index >= 15 is 0 Å². The van der Waals surface area contributed by atoms with Gasteiger partial charge in [0, 0.05) is 31.1 Å². The number of hydrogen-bond acceptors (Lipinski definition) is 4. The lowest BCUT2D eigenvalue weighted by Crippen LogP contribution is -2.32. The van der Waals surface area contributed by atoms with Gasteiger partial charge in [0.2, 0.25) is 5.91 Å². The second-order valence-electron chi connectivity index (χ2n) is 4.92. The summed E-state index contributed by atoms with van der Waals surface area (Å²) in [5, 5.41) is 6.22. The Hall–Kier alpha value is -1.75. The fourth-order valence-electron chi connectivity index (χ4n) is 2.01. The van der Waals surface area contributed by atoms with Gasteiger partial charge in [-0.1, -0.05) is 0 Å². The Balaban J connectivity index is 1.73. The number of carbonyl (C=O) groups excluding carboxylic acids is 1. The van der Waals surface area contributed by atoms with Crippen molar-refractivity contribution < 1.29 is 14.3 Å². The van der Waals surface area contributed by atoms with Gasteiger partial charge in [-0.2, -0.15) is 0 Å². The van der Waals surface area contributed by atoms with Crippen LogP contribution in [0.2, 0.25) is 0 Å². The minimum Gasteiger partial charge on any atom is -0.497 e. The predicted molar refractivity (Wildman–Crippen MR) is 77.0 cm³/mol. The summed E-state index contributed by atoms with van der Waals surface area (Å²) in [6.45, 7) is 2.07. The average Bonchev–Trinajstić information content (AvgIpc) is 3.31. The molecule has 0 atom stereocenters. The van der Waals surface area contributed by atoms with E-state index in [0.717, 1.165) is 36.4 Å². The normalized spacial score (nSPS) is 13.9. The maximum absolute atomic E-state index is 11.4. The van der Waals surface area contributed by atoms with E-state index in [-0.39, 0.29) is 11.8 Å². The van der Waals surface area contributed by atoms with Crippen molar-refractivity contribution in [2.75, 3.05) is 27.3 Å². The topological polar surface area (TPSA) is 59.6 Å². The van der Waals surface area contributed by atoms with E-state index < -0.39 is 0 Å². The molecule has 1 aliphatic rings. The second-order valence-corrected chi connectivity index (χ2v) is 4.92. The van der Waals surface area contributed by atoms with E-state index in [2.05, 4.69) is 10.6 Å². The summed E-state index contributed by atoms with van der Waals surface area (Å²) in [4.78, 5) is 11.4. The first-order chi connectivity index (χ1) is 9.74. The lowest BCUT2D eigenvalue weighted by atomic mass is 10.2. The molecule has 1 aromatic rings. The molecule has 0 bridgehead atoms. The molecule has 0 aromatic heterocycles. The van der Waals surface area contributed by atoms with Crippen molar-refractivity contribution in [1.29, 1.82) is 0 Å². The summed E-state index contributed by atoms with van der Waals surface area (Å²) in [6, 6.07) is 5.72. The number of hydrogen-bond donors (Lipinski definition) is 2. The zero-order chi connectivity index (χ0) is 14.4. The number of amides is 1. The Morgan fingerprint density at radius 1 is 1.25 bits per heavy atom. The molecule has 0 unspecified atom stereocenters. The molecule has 2 rings (SSSR count). The van der Waals surface area contributed by atoms with Crippen molar-refractivity contribution >= 4 is 5.91 Å². The highest BCUT2D eigenvalue weighted by atomic mass is 16.5. The summed E-state index contributed by atoms with van der Waals surface area (Å²) < 4.78 is 10.5. The Labute approximate surface area is 119 Å². The minimum atomic E-state index is 0.186. The zero-order valence-corrected chi connectivity index (χ0v) is 12.1. The third kappa shape index (κ3) is 4.13. The molecule has 1 saturated carbocycles. The molecule has 1 amide bonds. The van der Waals surface area contributed by atoms with Crippen LogP contribution >= 0.6 is 0 Å². The van der Waals surface area contributed by atoms with Gasteiger partial charge < -0.3 is 20.1 Å². The maximum Gasteiger partial charge on any atom is 0.223 e. The first-order valence-electron chi connectivity index (χ1n) is 6.94. The van der Waals surface area contributed by atoms with Crippen LogP contribution in [0, 0.1) is 5.92 Å². The van der Waals surface area contributed by atoms with Crippen molar-refractivity contribution in [3.8, 4) is 11.5 Å². The minimum absolute atomic E-state index is 0.186. The molecular formula is C15H22N2O3. The molecule has 0 heterocycles. The number of rotatable bonds is 8. The number of methoxy groups -OCH3 is 2. The molecule has 110 valence electrons. The van der Waals surface area contributed by atoms with Gasteiger partial charge in [0.25, 0.3) is 0 Å². The highest BCUT2D eigenvalue weighted by molar-refractivity contribution is 5.80. The number of benzene rings is 1. The monoisotopic (exact) mass is 278 g/mol. The Morgan fingerprint density at radius 2 is 2.05 bits per heavy atom. The summed E-state index contributed by atoms with van der Waals surface area (Å²) in [5.74, 6) is 2.10. The first kappa shape index (κ1) is 14.7. The van der Waals surface area contributed by atoms with Gasteiger partial charge in [-0.25, -0.2) is 0 Å². The summed E-state index contributed by atoms with van der Waals surface area (Å²) in [5.41, 5.74) is 1.04. The Kier molecular flexibility index (Phi) is 5.24. The molecule has 20 heavy (non-hydrogen) atoms. The third-order valence-electron chi connectivity index (χ3n) is 3.35. The summed E-state index contributed by atoms with van der Waals surface area (Å²) in [7, 11) is 3.30. The van der Waals surface area contributed by atoms with Crippen LogP contribution in [0.15, 0.2) is 18.2 Å². The van der Waals surface area contributed by atoms with Crippen LogP contribution < -0.4 is 20.1 Å². The average molecular weight is 278 g/mol. The quantitative estimate of drug-likeness (QED) is 0.704. The maximum atomic E-state index is 11.4. The number of carbonyl (C=O) groups is 1. The molecule has 1 aliphatic carbocycles. The van der Waals surface area contributed by atoms with Crippen LogP contribution in [0.1, 0.15) is 18.4 Å². The number of ether oxygens (including phenoxy) is 2. The van der Waals surface area contributed by atoms with E-state index in [4.69, 9.17) is 9.47 Å². The molecule has 2 N–H and O–H groups in total. The van der Waals surface area contributed by atoms with E-state index in [9.17, 15) is 4.79 Å². The second kappa shape index (κ2) is 7.14. The Morgan fingerprint density at radius 3 is 2.70 bits per heavy atom.